The number of hydrogen-bond donors (Lipinski definition) is 0. The van der Waals surface area contributed by atoms with Crippen LogP contribution in [0.1, 0.15) is 0 Å². The lowest BCUT2D eigenvalue weighted by Crippen LogP contribution is -2.04. The van der Waals surface area contributed by atoms with Gasteiger partial charge in [0.15, 0.2) is 0 Å². The first kappa shape index (κ1) is 30.7. The minimum absolute atomic E-state index is 1.17. The van der Waals surface area contributed by atoms with Gasteiger partial charge in [0.25, 0.3) is 0 Å². The molecule has 10 aromatic carbocycles. The van der Waals surface area contributed by atoms with Crippen LogP contribution in [0.25, 0.3) is 115 Å². The van der Waals surface area contributed by atoms with Crippen LogP contribution in [0.4, 0.5) is 0 Å². The van der Waals surface area contributed by atoms with E-state index in [2.05, 4.69) is 214 Å². The summed E-state index contributed by atoms with van der Waals surface area (Å²) in [7, 11) is 0. The van der Waals surface area contributed by atoms with Crippen molar-refractivity contribution >= 4 is 97.7 Å². The minimum Gasteiger partial charge on any atom is -0.309 e. The average molecular weight is 724 g/mol. The molecule has 0 saturated heterocycles. The van der Waals surface area contributed by atoms with Gasteiger partial charge in [-0.15, -0.1) is 0 Å². The Hall–Kier alpha value is -7.62. The van der Waals surface area contributed by atoms with E-state index in [1.54, 1.807) is 0 Å². The quantitative estimate of drug-likeness (QED) is 0.127. The molecule has 57 heavy (non-hydrogen) atoms. The van der Waals surface area contributed by atoms with E-state index in [9.17, 15) is 0 Å². The molecule has 0 aliphatic heterocycles. The summed E-state index contributed by atoms with van der Waals surface area (Å²) in [5, 5.41) is 14.8. The number of benzene rings is 10. The molecule has 264 valence electrons. The first-order valence-corrected chi connectivity index (χ1v) is 19.7. The summed E-state index contributed by atoms with van der Waals surface area (Å²) >= 11 is 0. The van der Waals surface area contributed by atoms with Crippen molar-refractivity contribution in [1.82, 2.24) is 13.7 Å². The van der Waals surface area contributed by atoms with Crippen LogP contribution in [0.3, 0.4) is 0 Å². The first-order chi connectivity index (χ1) is 28.3. The molecule has 3 aromatic heterocycles. The van der Waals surface area contributed by atoms with Crippen molar-refractivity contribution in [2.75, 3.05) is 0 Å². The summed E-state index contributed by atoms with van der Waals surface area (Å²) in [5.74, 6) is 0. The monoisotopic (exact) mass is 723 g/mol. The highest BCUT2D eigenvalue weighted by Gasteiger charge is 2.25. The van der Waals surface area contributed by atoms with E-state index in [-0.39, 0.29) is 0 Å². The van der Waals surface area contributed by atoms with E-state index in [4.69, 9.17) is 0 Å². The second-order valence-corrected chi connectivity index (χ2v) is 15.2. The summed E-state index contributed by atoms with van der Waals surface area (Å²) < 4.78 is 7.53. The van der Waals surface area contributed by atoms with E-state index in [1.807, 2.05) is 0 Å². The molecule has 0 radical (unpaired) electrons. The molecule has 0 N–H and O–H groups in total. The highest BCUT2D eigenvalue weighted by atomic mass is 15.0. The summed E-state index contributed by atoms with van der Waals surface area (Å²) in [6.45, 7) is 0. The van der Waals surface area contributed by atoms with Gasteiger partial charge in [-0.3, -0.25) is 0 Å². The Morgan fingerprint density at radius 1 is 0.193 bits per heavy atom. The van der Waals surface area contributed by atoms with Gasteiger partial charge in [-0.25, -0.2) is 0 Å². The van der Waals surface area contributed by atoms with Gasteiger partial charge in [0, 0.05) is 59.2 Å². The van der Waals surface area contributed by atoms with Gasteiger partial charge in [0.1, 0.15) is 0 Å². The first-order valence-electron chi connectivity index (χ1n) is 19.7. The maximum atomic E-state index is 2.54. The SMILES string of the molecule is c1ccc2c(-n3c4ccccc4c4ccccc43)c3c(ccc4c(-n5c6ccccc6c6ccccc65)cccc43)c(-n3c4ccccc4c4ccccc43)c2c1. The van der Waals surface area contributed by atoms with E-state index in [0.29, 0.717) is 0 Å². The molecule has 0 fully saturated rings. The molecular formula is C54H33N3. The molecule has 0 atom stereocenters. The molecule has 3 heteroatoms. The Labute approximate surface area is 327 Å². The molecule has 0 saturated carbocycles. The third kappa shape index (κ3) is 4.05. The topological polar surface area (TPSA) is 14.8 Å². The zero-order valence-corrected chi connectivity index (χ0v) is 30.9. The second-order valence-electron chi connectivity index (χ2n) is 15.2. The zero-order valence-electron chi connectivity index (χ0n) is 30.9. The molecule has 0 amide bonds. The van der Waals surface area contributed by atoms with E-state index in [1.165, 1.54) is 115 Å². The lowest BCUT2D eigenvalue weighted by molar-refractivity contribution is 1.19. The van der Waals surface area contributed by atoms with Crippen LogP contribution < -0.4 is 0 Å². The lowest BCUT2D eigenvalue weighted by Gasteiger charge is -2.23. The van der Waals surface area contributed by atoms with Crippen molar-refractivity contribution < 1.29 is 0 Å². The van der Waals surface area contributed by atoms with Gasteiger partial charge < -0.3 is 13.7 Å². The standard InChI is InChI=1S/C54H33N3/c1-2-23-43-42(22-1)53(56-48-27-11-5-18-36(48)37-19-6-12-28-49(37)56)44-33-32-40-41(52(44)54(43)57-50-29-13-7-20-38(50)39-21-8-14-30-51(39)57)24-15-31-47(40)55-45-25-9-3-16-34(45)35-17-4-10-26-46(35)55/h1-33H. The number of fused-ring (bicyclic) bond motifs is 13. The fourth-order valence-corrected chi connectivity index (χ4v) is 10.1. The van der Waals surface area contributed by atoms with Crippen molar-refractivity contribution in [2.45, 2.75) is 0 Å². The fourth-order valence-electron chi connectivity index (χ4n) is 10.1. The smallest absolute Gasteiger partial charge is 0.0626 e. The van der Waals surface area contributed by atoms with Crippen molar-refractivity contribution in [3.05, 3.63) is 200 Å². The Morgan fingerprint density at radius 2 is 0.509 bits per heavy atom. The van der Waals surface area contributed by atoms with Crippen LogP contribution in [0.2, 0.25) is 0 Å². The maximum Gasteiger partial charge on any atom is 0.0626 e. The number of rotatable bonds is 3. The lowest BCUT2D eigenvalue weighted by atomic mass is 9.93. The van der Waals surface area contributed by atoms with Crippen LogP contribution >= 0.6 is 0 Å². The Balaban J connectivity index is 1.29. The summed E-state index contributed by atoms with van der Waals surface area (Å²) in [4.78, 5) is 0. The van der Waals surface area contributed by atoms with E-state index >= 15 is 0 Å². The molecule has 0 bridgehead atoms. The maximum absolute atomic E-state index is 2.54. The number of para-hydroxylation sites is 6. The third-order valence-corrected chi connectivity index (χ3v) is 12.4. The van der Waals surface area contributed by atoms with E-state index < -0.39 is 0 Å². The molecule has 0 aliphatic carbocycles. The van der Waals surface area contributed by atoms with Gasteiger partial charge in [-0.1, -0.05) is 158 Å². The largest absolute Gasteiger partial charge is 0.309 e. The molecule has 0 aliphatic rings. The van der Waals surface area contributed by atoms with Crippen LogP contribution in [0.5, 0.6) is 0 Å². The molecule has 3 heterocycles. The zero-order chi connectivity index (χ0) is 37.2. The Morgan fingerprint density at radius 3 is 0.947 bits per heavy atom. The second kappa shape index (κ2) is 11.5. The van der Waals surface area contributed by atoms with Crippen molar-refractivity contribution in [3.8, 4) is 17.1 Å². The average Bonchev–Trinajstić information content (AvgIpc) is 3.91. The van der Waals surface area contributed by atoms with Gasteiger partial charge in [0.2, 0.25) is 0 Å². The molecule has 13 aromatic rings. The summed E-state index contributed by atoms with van der Waals surface area (Å²) in [6, 6.07) is 73.8. The van der Waals surface area contributed by atoms with Crippen molar-refractivity contribution in [1.29, 1.82) is 0 Å². The minimum atomic E-state index is 1.17. The van der Waals surface area contributed by atoms with Crippen molar-refractivity contribution in [2.24, 2.45) is 0 Å². The third-order valence-electron chi connectivity index (χ3n) is 12.4. The number of nitrogens with zero attached hydrogens (tertiary/aromatic N) is 3. The summed E-state index contributed by atoms with van der Waals surface area (Å²) in [5.41, 5.74) is 10.8. The van der Waals surface area contributed by atoms with Crippen molar-refractivity contribution in [3.63, 3.8) is 0 Å². The number of aromatic nitrogens is 3. The van der Waals surface area contributed by atoms with Gasteiger partial charge in [0.05, 0.1) is 50.2 Å². The molecule has 0 spiro atoms. The normalized spacial score (nSPS) is 12.2. The fraction of sp³-hybridized carbons (Fsp3) is 0. The summed E-state index contributed by atoms with van der Waals surface area (Å²) in [6.07, 6.45) is 0. The number of hydrogen-bond acceptors (Lipinski definition) is 0. The molecule has 13 rings (SSSR count). The highest BCUT2D eigenvalue weighted by molar-refractivity contribution is 6.27. The van der Waals surface area contributed by atoms with E-state index in [0.717, 1.165) is 0 Å². The van der Waals surface area contributed by atoms with Crippen LogP contribution in [0, 0.1) is 0 Å². The van der Waals surface area contributed by atoms with Gasteiger partial charge in [-0.05, 0) is 47.9 Å². The molecule has 0 unspecified atom stereocenters. The van der Waals surface area contributed by atoms with Crippen LogP contribution in [-0.4, -0.2) is 13.7 Å². The predicted molar refractivity (Wildman–Crippen MR) is 242 cm³/mol. The Kier molecular flexibility index (Phi) is 6.16. The van der Waals surface area contributed by atoms with Crippen LogP contribution in [-0.2, 0) is 0 Å². The predicted octanol–water partition coefficient (Wildman–Crippen LogP) is 14.4. The van der Waals surface area contributed by atoms with Gasteiger partial charge >= 0.3 is 0 Å². The van der Waals surface area contributed by atoms with Gasteiger partial charge in [-0.2, -0.15) is 0 Å². The highest BCUT2D eigenvalue weighted by Crippen LogP contribution is 2.47. The van der Waals surface area contributed by atoms with Crippen LogP contribution in [0.15, 0.2) is 200 Å². The Bertz CT molecular complexity index is 3660. The molecule has 3 nitrogen and oxygen atoms in total. The molecular weight excluding hydrogens is 691 g/mol.